The molecule has 0 saturated carbocycles. The molecule has 1 fully saturated rings. The maximum Gasteiger partial charge on any atom is 0.406 e. The molecule has 1 aliphatic rings. The van der Waals surface area contributed by atoms with E-state index in [1.165, 1.54) is 0 Å². The predicted molar refractivity (Wildman–Crippen MR) is 117 cm³/mol. The fourth-order valence-electron chi connectivity index (χ4n) is 2.92. The van der Waals surface area contributed by atoms with Crippen molar-refractivity contribution in [3.05, 3.63) is 30.3 Å². The summed E-state index contributed by atoms with van der Waals surface area (Å²) >= 11 is 0. The Hall–Kier alpha value is -1.72. The second kappa shape index (κ2) is 12.1. The van der Waals surface area contributed by atoms with Crippen molar-refractivity contribution in [2.45, 2.75) is 32.0 Å². The van der Waals surface area contributed by atoms with Crippen LogP contribution in [0.3, 0.4) is 0 Å². The first-order chi connectivity index (χ1) is 13.3. The van der Waals surface area contributed by atoms with E-state index in [1.807, 2.05) is 42.2 Å². The summed E-state index contributed by atoms with van der Waals surface area (Å²) in [5, 5.41) is 3.10. The fraction of sp³-hybridized carbons (Fsp3) is 0.579. The Labute approximate surface area is 186 Å². The van der Waals surface area contributed by atoms with Crippen LogP contribution in [-0.4, -0.2) is 73.7 Å². The summed E-state index contributed by atoms with van der Waals surface area (Å²) in [6.45, 7) is 2.28. The van der Waals surface area contributed by atoms with Crippen LogP contribution in [0.1, 0.15) is 19.8 Å². The first kappa shape index (κ1) is 25.3. The lowest BCUT2D eigenvalue weighted by Gasteiger charge is -2.34. The summed E-state index contributed by atoms with van der Waals surface area (Å²) in [5.74, 6) is 0.698. The zero-order chi connectivity index (χ0) is 20.6. The molecule has 1 saturated heterocycles. The molecule has 1 N–H and O–H groups in total. The molecule has 1 amide bonds. The number of hydrogen-bond donors (Lipinski definition) is 1. The number of alkyl halides is 3. The number of nitrogens with one attached hydrogen (secondary N) is 1. The molecule has 2 rings (SSSR count). The number of rotatable bonds is 6. The SMILES string of the molecule is CCNC(=NCC(=O)N(C)CC(F)(F)F)N1CCC(Oc2ccccc2)CC1.I. The third-order valence-corrected chi connectivity index (χ3v) is 4.33. The van der Waals surface area contributed by atoms with E-state index in [2.05, 4.69) is 10.3 Å². The van der Waals surface area contributed by atoms with E-state index in [0.29, 0.717) is 30.5 Å². The van der Waals surface area contributed by atoms with Crippen molar-refractivity contribution in [1.82, 2.24) is 15.1 Å². The Morgan fingerprint density at radius 1 is 1.28 bits per heavy atom. The molecule has 10 heteroatoms. The van der Waals surface area contributed by atoms with E-state index in [4.69, 9.17) is 4.74 Å². The number of hydrogen-bond acceptors (Lipinski definition) is 3. The highest BCUT2D eigenvalue weighted by Gasteiger charge is 2.31. The number of guanidine groups is 1. The van der Waals surface area contributed by atoms with Gasteiger partial charge in [0, 0.05) is 39.5 Å². The summed E-state index contributed by atoms with van der Waals surface area (Å²) in [5.41, 5.74) is 0. The van der Waals surface area contributed by atoms with E-state index >= 15 is 0 Å². The quantitative estimate of drug-likeness (QED) is 0.351. The zero-order valence-electron chi connectivity index (χ0n) is 16.6. The lowest BCUT2D eigenvalue weighted by Crippen LogP contribution is -2.48. The molecule has 0 radical (unpaired) electrons. The van der Waals surface area contributed by atoms with Crippen molar-refractivity contribution in [3.8, 4) is 5.75 Å². The number of carbonyl (C=O) groups excluding carboxylic acids is 1. The topological polar surface area (TPSA) is 57.2 Å². The van der Waals surface area contributed by atoms with Crippen molar-refractivity contribution < 1.29 is 22.7 Å². The van der Waals surface area contributed by atoms with Gasteiger partial charge in [0.1, 0.15) is 24.9 Å². The van der Waals surface area contributed by atoms with Crippen LogP contribution in [0.25, 0.3) is 0 Å². The second-order valence-corrected chi connectivity index (χ2v) is 6.65. The number of aliphatic imine (C=N–C) groups is 1. The average Bonchev–Trinajstić information content (AvgIpc) is 2.65. The molecular weight excluding hydrogens is 500 g/mol. The molecule has 0 aromatic heterocycles. The van der Waals surface area contributed by atoms with Crippen molar-refractivity contribution in [2.75, 3.05) is 39.8 Å². The molecule has 1 aliphatic heterocycles. The number of ether oxygens (including phenoxy) is 1. The van der Waals surface area contributed by atoms with Gasteiger partial charge in [-0.1, -0.05) is 18.2 Å². The lowest BCUT2D eigenvalue weighted by atomic mass is 10.1. The standard InChI is InChI=1S/C19H27F3N4O2.HI/c1-3-23-18(24-13-17(27)25(2)14-19(20,21)22)26-11-9-16(10-12-26)28-15-7-5-4-6-8-15;/h4-8,16H,3,9-14H2,1-2H3,(H,23,24);1H. The average molecular weight is 528 g/mol. The minimum atomic E-state index is -4.42. The van der Waals surface area contributed by atoms with Crippen LogP contribution >= 0.6 is 24.0 Å². The van der Waals surface area contributed by atoms with E-state index < -0.39 is 18.6 Å². The maximum atomic E-state index is 12.4. The van der Waals surface area contributed by atoms with E-state index in [9.17, 15) is 18.0 Å². The van der Waals surface area contributed by atoms with Gasteiger partial charge < -0.3 is 19.9 Å². The van der Waals surface area contributed by atoms with Crippen LogP contribution in [0.2, 0.25) is 0 Å². The van der Waals surface area contributed by atoms with Gasteiger partial charge >= 0.3 is 6.18 Å². The minimum Gasteiger partial charge on any atom is -0.490 e. The number of halogens is 4. The molecule has 29 heavy (non-hydrogen) atoms. The molecule has 0 spiro atoms. The van der Waals surface area contributed by atoms with Gasteiger partial charge in [0.25, 0.3) is 0 Å². The molecule has 0 atom stereocenters. The molecule has 6 nitrogen and oxygen atoms in total. The fourth-order valence-corrected chi connectivity index (χ4v) is 2.92. The highest BCUT2D eigenvalue weighted by atomic mass is 127. The van der Waals surface area contributed by atoms with Crippen LogP contribution in [0.4, 0.5) is 13.2 Å². The van der Waals surface area contributed by atoms with Gasteiger partial charge in [-0.15, -0.1) is 24.0 Å². The Morgan fingerprint density at radius 2 is 1.90 bits per heavy atom. The molecule has 1 heterocycles. The van der Waals surface area contributed by atoms with Crippen molar-refractivity contribution >= 4 is 35.8 Å². The number of likely N-dealkylation sites (N-methyl/N-ethyl adjacent to an activating group) is 1. The molecule has 1 aromatic rings. The highest BCUT2D eigenvalue weighted by Crippen LogP contribution is 2.19. The van der Waals surface area contributed by atoms with Gasteiger partial charge in [-0.25, -0.2) is 4.99 Å². The molecule has 0 aliphatic carbocycles. The van der Waals surface area contributed by atoms with Crippen LogP contribution in [0, 0.1) is 0 Å². The third kappa shape index (κ3) is 9.09. The summed E-state index contributed by atoms with van der Waals surface area (Å²) in [4.78, 5) is 18.8. The van der Waals surface area contributed by atoms with E-state index in [0.717, 1.165) is 25.6 Å². The summed E-state index contributed by atoms with van der Waals surface area (Å²) in [7, 11) is 1.13. The molecule has 1 aromatic carbocycles. The van der Waals surface area contributed by atoms with Crippen LogP contribution in [0.15, 0.2) is 35.3 Å². The van der Waals surface area contributed by atoms with Crippen molar-refractivity contribution in [1.29, 1.82) is 0 Å². The van der Waals surface area contributed by atoms with E-state index in [1.54, 1.807) is 0 Å². The number of para-hydroxylation sites is 1. The minimum absolute atomic E-state index is 0. The Balaban J connectivity index is 0.00000420. The lowest BCUT2D eigenvalue weighted by molar-refractivity contribution is -0.157. The number of piperidine rings is 1. The number of amides is 1. The Morgan fingerprint density at radius 3 is 2.45 bits per heavy atom. The number of benzene rings is 1. The van der Waals surface area contributed by atoms with Crippen LogP contribution < -0.4 is 10.1 Å². The van der Waals surface area contributed by atoms with Gasteiger partial charge in [-0.3, -0.25) is 4.79 Å². The van der Waals surface area contributed by atoms with Gasteiger partial charge in [-0.2, -0.15) is 13.2 Å². The Bertz CT molecular complexity index is 651. The van der Waals surface area contributed by atoms with Crippen LogP contribution in [-0.2, 0) is 4.79 Å². The van der Waals surface area contributed by atoms with Crippen molar-refractivity contribution in [2.24, 2.45) is 4.99 Å². The summed E-state index contributed by atoms with van der Waals surface area (Å²) < 4.78 is 43.2. The van der Waals surface area contributed by atoms with Gasteiger partial charge in [0.2, 0.25) is 5.91 Å². The first-order valence-corrected chi connectivity index (χ1v) is 9.34. The van der Waals surface area contributed by atoms with Gasteiger partial charge in [0.15, 0.2) is 5.96 Å². The second-order valence-electron chi connectivity index (χ2n) is 6.65. The zero-order valence-corrected chi connectivity index (χ0v) is 18.9. The maximum absolute atomic E-state index is 12.4. The van der Waals surface area contributed by atoms with E-state index in [-0.39, 0.29) is 36.6 Å². The van der Waals surface area contributed by atoms with Gasteiger partial charge in [0.05, 0.1) is 0 Å². The molecule has 164 valence electrons. The number of likely N-dealkylation sites (tertiary alicyclic amines) is 1. The molecule has 0 bridgehead atoms. The van der Waals surface area contributed by atoms with Crippen molar-refractivity contribution in [3.63, 3.8) is 0 Å². The number of carbonyl (C=O) groups is 1. The summed E-state index contributed by atoms with van der Waals surface area (Å²) in [6, 6.07) is 9.62. The first-order valence-electron chi connectivity index (χ1n) is 9.34. The van der Waals surface area contributed by atoms with Crippen LogP contribution in [0.5, 0.6) is 5.75 Å². The van der Waals surface area contributed by atoms with Gasteiger partial charge in [-0.05, 0) is 19.1 Å². The highest BCUT2D eigenvalue weighted by molar-refractivity contribution is 14.0. The third-order valence-electron chi connectivity index (χ3n) is 4.33. The Kier molecular flexibility index (Phi) is 10.5. The molecule has 0 unspecified atom stereocenters. The smallest absolute Gasteiger partial charge is 0.406 e. The normalized spacial score (nSPS) is 15.5. The largest absolute Gasteiger partial charge is 0.490 e. The predicted octanol–water partition coefficient (Wildman–Crippen LogP) is 3.13. The summed E-state index contributed by atoms with van der Waals surface area (Å²) in [6.07, 6.45) is -2.73. The monoisotopic (exact) mass is 528 g/mol. The number of nitrogens with zero attached hydrogens (tertiary/aromatic N) is 3. The molecular formula is C19H28F3IN4O2.